The number of rotatable bonds is 2. The molecule has 3 rings (SSSR count). The minimum absolute atomic E-state index is 0.0316. The maximum absolute atomic E-state index is 12.6. The molecule has 0 radical (unpaired) electrons. The van der Waals surface area contributed by atoms with Crippen molar-refractivity contribution >= 4 is 20.7 Å². The lowest BCUT2D eigenvalue weighted by Gasteiger charge is -2.08. The van der Waals surface area contributed by atoms with Crippen molar-refractivity contribution < 1.29 is 13.5 Å². The van der Waals surface area contributed by atoms with Crippen LogP contribution in [0.2, 0.25) is 0 Å². The van der Waals surface area contributed by atoms with Gasteiger partial charge < -0.3 is 5.11 Å². The molecule has 0 aliphatic rings. The molecule has 2 heterocycles. The number of aromatic nitrogens is 2. The van der Waals surface area contributed by atoms with E-state index < -0.39 is 9.84 Å². The molecule has 0 atom stereocenters. The zero-order valence-corrected chi connectivity index (χ0v) is 11.1. The highest BCUT2D eigenvalue weighted by molar-refractivity contribution is 7.91. The highest BCUT2D eigenvalue weighted by atomic mass is 32.2. The maximum atomic E-state index is 12.6. The molecule has 0 aliphatic heterocycles. The summed E-state index contributed by atoms with van der Waals surface area (Å²) >= 11 is 0. The third-order valence-electron chi connectivity index (χ3n) is 2.91. The van der Waals surface area contributed by atoms with Gasteiger partial charge in [0.15, 0.2) is 5.03 Å². The van der Waals surface area contributed by atoms with Crippen LogP contribution in [0.25, 0.3) is 10.9 Å². The van der Waals surface area contributed by atoms with Crippen LogP contribution in [0.4, 0.5) is 0 Å². The molecule has 20 heavy (non-hydrogen) atoms. The van der Waals surface area contributed by atoms with Gasteiger partial charge in [-0.1, -0.05) is 6.07 Å². The summed E-state index contributed by atoms with van der Waals surface area (Å²) in [5, 5.41) is 10.1. The molecule has 5 nitrogen and oxygen atoms in total. The summed E-state index contributed by atoms with van der Waals surface area (Å²) in [5.74, 6) is -0.0550. The van der Waals surface area contributed by atoms with E-state index in [1.165, 1.54) is 30.6 Å². The van der Waals surface area contributed by atoms with Crippen molar-refractivity contribution in [1.29, 1.82) is 0 Å². The van der Waals surface area contributed by atoms with Gasteiger partial charge >= 0.3 is 0 Å². The van der Waals surface area contributed by atoms with Gasteiger partial charge in [-0.3, -0.25) is 4.98 Å². The highest BCUT2D eigenvalue weighted by Crippen LogP contribution is 2.31. The third kappa shape index (κ3) is 1.90. The fraction of sp³-hybridized carbons (Fsp3) is 0. The number of benzene rings is 1. The fourth-order valence-electron chi connectivity index (χ4n) is 1.98. The Kier molecular flexibility index (Phi) is 2.87. The van der Waals surface area contributed by atoms with Gasteiger partial charge in [0.1, 0.15) is 11.3 Å². The number of hydrogen-bond acceptors (Lipinski definition) is 5. The van der Waals surface area contributed by atoms with Crippen molar-refractivity contribution in [2.24, 2.45) is 0 Å². The van der Waals surface area contributed by atoms with Gasteiger partial charge in [0.25, 0.3) is 0 Å². The Balaban J connectivity index is 2.34. The Morgan fingerprint density at radius 3 is 2.45 bits per heavy atom. The molecule has 6 heteroatoms. The fourth-order valence-corrected chi connectivity index (χ4v) is 3.37. The van der Waals surface area contributed by atoms with Crippen LogP contribution in [0.1, 0.15) is 0 Å². The van der Waals surface area contributed by atoms with Crippen LogP contribution in [0.3, 0.4) is 0 Å². The van der Waals surface area contributed by atoms with Crippen LogP contribution >= 0.6 is 0 Å². The van der Waals surface area contributed by atoms with Gasteiger partial charge in [-0.15, -0.1) is 0 Å². The topological polar surface area (TPSA) is 80.2 Å². The van der Waals surface area contributed by atoms with Gasteiger partial charge in [0.2, 0.25) is 9.84 Å². The minimum atomic E-state index is -3.74. The largest absolute Gasteiger partial charge is 0.506 e. The molecule has 0 bridgehead atoms. The van der Waals surface area contributed by atoms with E-state index in [2.05, 4.69) is 9.97 Å². The average molecular weight is 286 g/mol. The zero-order chi connectivity index (χ0) is 14.2. The Morgan fingerprint density at radius 1 is 0.900 bits per heavy atom. The average Bonchev–Trinajstić information content (AvgIpc) is 2.48. The molecule has 1 aromatic carbocycles. The van der Waals surface area contributed by atoms with Crippen LogP contribution in [0.15, 0.2) is 64.8 Å². The van der Waals surface area contributed by atoms with Crippen LogP contribution in [-0.2, 0) is 9.84 Å². The lowest BCUT2D eigenvalue weighted by Crippen LogP contribution is -2.05. The maximum Gasteiger partial charge on any atom is 0.224 e. The molecular weight excluding hydrogens is 276 g/mol. The molecule has 0 aliphatic carbocycles. The van der Waals surface area contributed by atoms with Gasteiger partial charge in [-0.25, -0.2) is 13.4 Å². The highest BCUT2D eigenvalue weighted by Gasteiger charge is 2.22. The molecular formula is C14H10N2O3S. The van der Waals surface area contributed by atoms with E-state index in [1.807, 2.05) is 0 Å². The number of aromatic hydroxyl groups is 1. The SMILES string of the molecule is O=S(=O)(c1ccccn1)c1ccc(O)c2ncccc12. The van der Waals surface area contributed by atoms with Gasteiger partial charge in [0, 0.05) is 17.8 Å². The Labute approximate surface area is 115 Å². The molecule has 2 aromatic heterocycles. The quantitative estimate of drug-likeness (QED) is 0.781. The van der Waals surface area contributed by atoms with Crippen LogP contribution in [0.5, 0.6) is 5.75 Å². The number of fused-ring (bicyclic) bond motifs is 1. The van der Waals surface area contributed by atoms with Gasteiger partial charge in [-0.05, 0) is 36.4 Å². The van der Waals surface area contributed by atoms with Crippen molar-refractivity contribution in [1.82, 2.24) is 9.97 Å². The predicted octanol–water partition coefficient (Wildman–Crippen LogP) is 2.17. The number of nitrogens with zero attached hydrogens (tertiary/aromatic N) is 2. The second kappa shape index (κ2) is 4.57. The van der Waals surface area contributed by atoms with E-state index >= 15 is 0 Å². The van der Waals surface area contributed by atoms with E-state index in [1.54, 1.807) is 24.3 Å². The third-order valence-corrected chi connectivity index (χ3v) is 4.64. The van der Waals surface area contributed by atoms with Crippen molar-refractivity contribution in [2.45, 2.75) is 9.92 Å². The molecule has 3 aromatic rings. The first kappa shape index (κ1) is 12.6. The molecule has 1 N–H and O–H groups in total. The van der Waals surface area contributed by atoms with E-state index in [9.17, 15) is 13.5 Å². The Morgan fingerprint density at radius 2 is 1.70 bits per heavy atom. The van der Waals surface area contributed by atoms with Crippen molar-refractivity contribution in [3.05, 3.63) is 54.9 Å². The van der Waals surface area contributed by atoms with Crippen LogP contribution in [0, 0.1) is 0 Å². The summed E-state index contributed by atoms with van der Waals surface area (Å²) in [7, 11) is -3.74. The molecule has 0 unspecified atom stereocenters. The molecule has 0 amide bonds. The summed E-state index contributed by atoms with van der Waals surface area (Å²) in [5.41, 5.74) is 0.254. The Hall–Kier alpha value is -2.47. The lowest BCUT2D eigenvalue weighted by atomic mass is 10.2. The van der Waals surface area contributed by atoms with E-state index in [4.69, 9.17) is 0 Å². The summed E-state index contributed by atoms with van der Waals surface area (Å²) in [4.78, 5) is 7.98. The number of phenolic OH excluding ortho intramolecular Hbond substituents is 1. The van der Waals surface area contributed by atoms with Gasteiger partial charge in [0.05, 0.1) is 4.90 Å². The lowest BCUT2D eigenvalue weighted by molar-refractivity contribution is 0.480. The summed E-state index contributed by atoms with van der Waals surface area (Å²) < 4.78 is 25.2. The standard InChI is InChI=1S/C14H10N2O3S/c17-11-6-7-12(10-4-3-9-16-14(10)11)20(18,19)13-5-1-2-8-15-13/h1-9,17H. The molecule has 100 valence electrons. The summed E-state index contributed by atoms with van der Waals surface area (Å²) in [6.45, 7) is 0. The molecule has 0 saturated carbocycles. The van der Waals surface area contributed by atoms with Gasteiger partial charge in [-0.2, -0.15) is 0 Å². The van der Waals surface area contributed by atoms with Crippen molar-refractivity contribution in [3.8, 4) is 5.75 Å². The van der Waals surface area contributed by atoms with Crippen LogP contribution in [-0.4, -0.2) is 23.5 Å². The van der Waals surface area contributed by atoms with Crippen molar-refractivity contribution in [2.75, 3.05) is 0 Å². The Bertz CT molecular complexity index is 877. The monoisotopic (exact) mass is 286 g/mol. The number of pyridine rings is 2. The first-order chi connectivity index (χ1) is 9.60. The first-order valence-electron chi connectivity index (χ1n) is 5.83. The molecule has 0 spiro atoms. The zero-order valence-electron chi connectivity index (χ0n) is 10.3. The van der Waals surface area contributed by atoms with E-state index in [0.717, 1.165) is 0 Å². The minimum Gasteiger partial charge on any atom is -0.506 e. The first-order valence-corrected chi connectivity index (χ1v) is 7.32. The van der Waals surface area contributed by atoms with Crippen molar-refractivity contribution in [3.63, 3.8) is 0 Å². The second-order valence-electron chi connectivity index (χ2n) is 4.15. The number of sulfone groups is 1. The smallest absolute Gasteiger partial charge is 0.224 e. The summed E-state index contributed by atoms with van der Waals surface area (Å²) in [6, 6.07) is 10.6. The van der Waals surface area contributed by atoms with E-state index in [0.29, 0.717) is 5.39 Å². The predicted molar refractivity (Wildman–Crippen MR) is 73.1 cm³/mol. The summed E-state index contributed by atoms with van der Waals surface area (Å²) in [6.07, 6.45) is 2.92. The number of phenols is 1. The van der Waals surface area contributed by atoms with Crippen LogP contribution < -0.4 is 0 Å². The molecule has 0 saturated heterocycles. The second-order valence-corrected chi connectivity index (χ2v) is 6.02. The normalized spacial score (nSPS) is 11.6. The molecule has 0 fully saturated rings. The van der Waals surface area contributed by atoms with E-state index in [-0.39, 0.29) is 21.2 Å². The number of hydrogen-bond donors (Lipinski definition) is 1.